The van der Waals surface area contributed by atoms with Crippen molar-refractivity contribution in [1.82, 2.24) is 0 Å². The number of fused-ring (bicyclic) bond motifs is 1. The first-order valence-electron chi connectivity index (χ1n) is 8.91. The van der Waals surface area contributed by atoms with E-state index in [0.29, 0.717) is 16.7 Å². The van der Waals surface area contributed by atoms with Crippen LogP contribution in [0.3, 0.4) is 0 Å². The molecule has 0 saturated carbocycles. The summed E-state index contributed by atoms with van der Waals surface area (Å²) in [6.45, 7) is 2.72. The van der Waals surface area contributed by atoms with Crippen molar-refractivity contribution < 1.29 is 43.8 Å². The van der Waals surface area contributed by atoms with Gasteiger partial charge in [-0.3, -0.25) is 0 Å². The number of hydrogen-bond acceptors (Lipinski definition) is 10. The van der Waals surface area contributed by atoms with Crippen LogP contribution >= 0.6 is 0 Å². The Morgan fingerprint density at radius 1 is 1.03 bits per heavy atom. The summed E-state index contributed by atoms with van der Waals surface area (Å²) in [6, 6.07) is 1.63. The van der Waals surface area contributed by atoms with E-state index in [2.05, 4.69) is 0 Å². The largest absolute Gasteiger partial charge is 0.495 e. The number of aliphatic hydroxyl groups is 4. The predicted octanol–water partition coefficient (Wildman–Crippen LogP) is -0.394. The molecule has 1 saturated heterocycles. The van der Waals surface area contributed by atoms with Crippen LogP contribution in [0.15, 0.2) is 15.3 Å². The van der Waals surface area contributed by atoms with Crippen molar-refractivity contribution in [2.24, 2.45) is 0 Å². The third-order valence-corrected chi connectivity index (χ3v) is 4.97. The average Bonchev–Trinajstić information content (AvgIpc) is 2.71. The fourth-order valence-corrected chi connectivity index (χ4v) is 3.37. The van der Waals surface area contributed by atoms with Gasteiger partial charge in [0.15, 0.2) is 11.3 Å². The first kappa shape index (κ1) is 21.3. The van der Waals surface area contributed by atoms with E-state index in [4.69, 9.17) is 23.4 Å². The zero-order valence-electron chi connectivity index (χ0n) is 16.4. The van der Waals surface area contributed by atoms with E-state index >= 15 is 0 Å². The fraction of sp³-hybridized carbons (Fsp3) is 0.526. The van der Waals surface area contributed by atoms with Gasteiger partial charge in [0, 0.05) is 0 Å². The minimum absolute atomic E-state index is 0.00580. The summed E-state index contributed by atoms with van der Waals surface area (Å²) < 4.78 is 27.3. The summed E-state index contributed by atoms with van der Waals surface area (Å²) in [7, 11) is 2.80. The molecule has 5 unspecified atom stereocenters. The van der Waals surface area contributed by atoms with Gasteiger partial charge in [-0.1, -0.05) is 0 Å². The van der Waals surface area contributed by atoms with Crippen LogP contribution in [-0.4, -0.2) is 72.0 Å². The second-order valence-electron chi connectivity index (χ2n) is 6.79. The lowest BCUT2D eigenvalue weighted by Crippen LogP contribution is -2.60. The van der Waals surface area contributed by atoms with Gasteiger partial charge in [0.05, 0.1) is 31.8 Å². The number of hydrogen-bond donors (Lipinski definition) is 4. The monoisotopic (exact) mass is 412 g/mol. The lowest BCUT2D eigenvalue weighted by atomic mass is 9.99. The molecule has 10 heteroatoms. The van der Waals surface area contributed by atoms with Gasteiger partial charge in [-0.2, -0.15) is 0 Å². The zero-order valence-corrected chi connectivity index (χ0v) is 16.4. The minimum Gasteiger partial charge on any atom is -0.495 e. The maximum absolute atomic E-state index is 12.3. The number of benzene rings is 1. The van der Waals surface area contributed by atoms with Gasteiger partial charge in [-0.05, 0) is 25.5 Å². The molecule has 1 aliphatic heterocycles. The van der Waals surface area contributed by atoms with Gasteiger partial charge >= 0.3 is 5.63 Å². The minimum atomic E-state index is -1.65. The Kier molecular flexibility index (Phi) is 6.01. The van der Waals surface area contributed by atoms with Gasteiger partial charge in [0.25, 0.3) is 0 Å². The van der Waals surface area contributed by atoms with Crippen LogP contribution < -0.4 is 19.8 Å². The van der Waals surface area contributed by atoms with Crippen LogP contribution in [0.4, 0.5) is 0 Å². The van der Waals surface area contributed by atoms with Crippen LogP contribution in [0.5, 0.6) is 17.2 Å². The van der Waals surface area contributed by atoms with E-state index in [-0.39, 0.29) is 22.6 Å². The van der Waals surface area contributed by atoms with E-state index in [1.54, 1.807) is 19.9 Å². The van der Waals surface area contributed by atoms with Gasteiger partial charge in [-0.15, -0.1) is 0 Å². The molecule has 4 N–H and O–H groups in total. The molecule has 1 aromatic heterocycles. The first-order chi connectivity index (χ1) is 13.7. The van der Waals surface area contributed by atoms with Crippen LogP contribution in [-0.2, 0) is 4.74 Å². The Balaban J connectivity index is 2.17. The maximum Gasteiger partial charge on any atom is 0.343 e. The second kappa shape index (κ2) is 8.17. The molecule has 0 radical (unpaired) electrons. The summed E-state index contributed by atoms with van der Waals surface area (Å²) in [5.41, 5.74) is 0.306. The van der Waals surface area contributed by atoms with Crippen molar-refractivity contribution in [1.29, 1.82) is 0 Å². The van der Waals surface area contributed by atoms with Crippen molar-refractivity contribution in [2.75, 3.05) is 20.8 Å². The Bertz CT molecular complexity index is 950. The van der Waals surface area contributed by atoms with Crippen LogP contribution in [0.1, 0.15) is 11.1 Å². The molecule has 5 atom stereocenters. The Morgan fingerprint density at radius 3 is 2.31 bits per heavy atom. The highest BCUT2D eigenvalue weighted by Crippen LogP contribution is 2.43. The highest BCUT2D eigenvalue weighted by atomic mass is 16.7. The molecular formula is C19H24O10. The molecule has 1 aliphatic rings. The summed E-state index contributed by atoms with van der Waals surface area (Å²) in [6.07, 6.45) is -7.45. The van der Waals surface area contributed by atoms with Crippen molar-refractivity contribution in [2.45, 2.75) is 44.6 Å². The molecule has 0 spiro atoms. The number of rotatable bonds is 5. The predicted molar refractivity (Wildman–Crippen MR) is 99.5 cm³/mol. The fourth-order valence-electron chi connectivity index (χ4n) is 3.37. The lowest BCUT2D eigenvalue weighted by molar-refractivity contribution is -0.277. The topological polar surface area (TPSA) is 148 Å². The number of ether oxygens (including phenoxy) is 4. The molecule has 1 aromatic carbocycles. The molecule has 0 aliphatic carbocycles. The Morgan fingerprint density at radius 2 is 1.72 bits per heavy atom. The van der Waals surface area contributed by atoms with Gasteiger partial charge in [0.2, 0.25) is 12.0 Å². The maximum atomic E-state index is 12.3. The van der Waals surface area contributed by atoms with Gasteiger partial charge in [-0.25, -0.2) is 4.79 Å². The average molecular weight is 412 g/mol. The second-order valence-corrected chi connectivity index (χ2v) is 6.79. The van der Waals surface area contributed by atoms with E-state index in [0.717, 1.165) is 0 Å². The molecule has 10 nitrogen and oxygen atoms in total. The molecule has 2 aromatic rings. The number of methoxy groups -OCH3 is 2. The van der Waals surface area contributed by atoms with E-state index < -0.39 is 42.9 Å². The third-order valence-electron chi connectivity index (χ3n) is 4.97. The summed E-state index contributed by atoms with van der Waals surface area (Å²) >= 11 is 0. The van der Waals surface area contributed by atoms with E-state index in [9.17, 15) is 25.2 Å². The molecule has 0 bridgehead atoms. The van der Waals surface area contributed by atoms with Crippen molar-refractivity contribution >= 4 is 11.0 Å². The first-order valence-corrected chi connectivity index (χ1v) is 8.91. The SMILES string of the molecule is COc1cc(C)c2c(OC)c(C)c(=O)oc2c1OC1OC(CO)C(O)C(O)C1O. The highest BCUT2D eigenvalue weighted by molar-refractivity contribution is 5.93. The number of aliphatic hydroxyl groups excluding tert-OH is 4. The van der Waals surface area contributed by atoms with Crippen molar-refractivity contribution in [3.05, 3.63) is 27.6 Å². The van der Waals surface area contributed by atoms with E-state index in [1.165, 1.54) is 14.2 Å². The van der Waals surface area contributed by atoms with Gasteiger partial charge in [0.1, 0.15) is 30.2 Å². The summed E-state index contributed by atoms with van der Waals surface area (Å²) in [5.74, 6) is 0.420. The van der Waals surface area contributed by atoms with Crippen molar-refractivity contribution in [3.8, 4) is 17.2 Å². The molecule has 29 heavy (non-hydrogen) atoms. The molecule has 1 fully saturated rings. The molecular weight excluding hydrogens is 388 g/mol. The quantitative estimate of drug-likeness (QED) is 0.478. The molecule has 0 amide bonds. The zero-order chi connectivity index (χ0) is 21.5. The molecule has 3 rings (SSSR count). The Hall–Kier alpha value is -2.37. The van der Waals surface area contributed by atoms with Crippen LogP contribution in [0.25, 0.3) is 11.0 Å². The molecule has 2 heterocycles. The lowest BCUT2D eigenvalue weighted by Gasteiger charge is -2.39. The normalized spacial score (nSPS) is 27.1. The smallest absolute Gasteiger partial charge is 0.343 e. The molecule has 160 valence electrons. The van der Waals surface area contributed by atoms with Crippen LogP contribution in [0.2, 0.25) is 0 Å². The van der Waals surface area contributed by atoms with Crippen LogP contribution in [0, 0.1) is 13.8 Å². The summed E-state index contributed by atoms with van der Waals surface area (Å²) in [4.78, 5) is 12.3. The summed E-state index contributed by atoms with van der Waals surface area (Å²) in [5, 5.41) is 40.0. The standard InChI is InChI=1S/C19H24O10/c1-7-5-9(25-3)16(17-11(7)15(26-4)8(2)18(24)28-17)29-19-14(23)13(22)12(21)10(6-20)27-19/h5,10,12-14,19-23H,6H2,1-4H3. The number of aryl methyl sites for hydroxylation is 1. The van der Waals surface area contributed by atoms with Gasteiger partial charge < -0.3 is 43.8 Å². The Labute approximate surface area is 165 Å². The highest BCUT2D eigenvalue weighted by Gasteiger charge is 2.45. The van der Waals surface area contributed by atoms with E-state index in [1.807, 2.05) is 0 Å². The van der Waals surface area contributed by atoms with Crippen molar-refractivity contribution in [3.63, 3.8) is 0 Å². The third kappa shape index (κ3) is 3.53.